The minimum Gasteiger partial charge on any atom is -0.338 e. The molecule has 1 aliphatic rings. The first-order chi connectivity index (χ1) is 6.79. The third kappa shape index (κ3) is 3.17. The fraction of sp³-hybridized carbons (Fsp3) is 0.900. The largest absolute Gasteiger partial charge is 0.338 e. The fourth-order valence-electron chi connectivity index (χ4n) is 1.85. The standard InChI is InChI=1S/C10H20N2OS/c1-2-14-8-10(13)12-6-4-3-5-9(12)7-11/h9H,2-8,11H2,1H3. The molecule has 1 unspecified atom stereocenters. The second-order valence-corrected chi connectivity index (χ2v) is 4.88. The Morgan fingerprint density at radius 2 is 2.36 bits per heavy atom. The maximum Gasteiger partial charge on any atom is 0.232 e. The number of rotatable bonds is 4. The Balaban J connectivity index is 2.41. The summed E-state index contributed by atoms with van der Waals surface area (Å²) >= 11 is 1.69. The SMILES string of the molecule is CCSCC(=O)N1CCCCC1CN. The summed E-state index contributed by atoms with van der Waals surface area (Å²) in [7, 11) is 0. The zero-order chi connectivity index (χ0) is 10.4. The van der Waals surface area contributed by atoms with E-state index in [1.165, 1.54) is 6.42 Å². The summed E-state index contributed by atoms with van der Waals surface area (Å²) in [6.45, 7) is 3.60. The second-order valence-electron chi connectivity index (χ2n) is 3.61. The number of thioether (sulfide) groups is 1. The number of nitrogens with two attached hydrogens (primary N) is 1. The minimum absolute atomic E-state index is 0.270. The molecule has 0 aromatic rings. The van der Waals surface area contributed by atoms with Gasteiger partial charge in [-0.2, -0.15) is 11.8 Å². The van der Waals surface area contributed by atoms with Gasteiger partial charge in [-0.15, -0.1) is 0 Å². The number of amides is 1. The first-order valence-electron chi connectivity index (χ1n) is 5.36. The van der Waals surface area contributed by atoms with E-state index in [0.717, 1.165) is 25.1 Å². The number of carbonyl (C=O) groups excluding carboxylic acids is 1. The van der Waals surface area contributed by atoms with Crippen molar-refractivity contribution in [3.63, 3.8) is 0 Å². The first-order valence-corrected chi connectivity index (χ1v) is 6.52. The van der Waals surface area contributed by atoms with Crippen LogP contribution in [0.2, 0.25) is 0 Å². The van der Waals surface area contributed by atoms with Gasteiger partial charge in [-0.25, -0.2) is 0 Å². The highest BCUT2D eigenvalue weighted by atomic mass is 32.2. The molecule has 1 amide bonds. The van der Waals surface area contributed by atoms with E-state index in [1.807, 2.05) is 4.90 Å². The quantitative estimate of drug-likeness (QED) is 0.765. The lowest BCUT2D eigenvalue weighted by Gasteiger charge is -2.35. The van der Waals surface area contributed by atoms with Crippen LogP contribution in [0.15, 0.2) is 0 Å². The van der Waals surface area contributed by atoms with Crippen molar-refractivity contribution in [1.29, 1.82) is 0 Å². The van der Waals surface area contributed by atoms with Crippen molar-refractivity contribution in [3.05, 3.63) is 0 Å². The maximum atomic E-state index is 11.8. The lowest BCUT2D eigenvalue weighted by molar-refractivity contribution is -0.131. The Bertz CT molecular complexity index is 187. The summed E-state index contributed by atoms with van der Waals surface area (Å²) in [5.41, 5.74) is 5.66. The van der Waals surface area contributed by atoms with E-state index < -0.39 is 0 Å². The van der Waals surface area contributed by atoms with Gasteiger partial charge in [0.2, 0.25) is 5.91 Å². The average molecular weight is 216 g/mol. The lowest BCUT2D eigenvalue weighted by atomic mass is 10.0. The zero-order valence-corrected chi connectivity index (χ0v) is 9.68. The van der Waals surface area contributed by atoms with Crippen LogP contribution in [0, 0.1) is 0 Å². The van der Waals surface area contributed by atoms with Crippen LogP contribution in [0.1, 0.15) is 26.2 Å². The van der Waals surface area contributed by atoms with Crippen molar-refractivity contribution in [2.75, 3.05) is 24.6 Å². The van der Waals surface area contributed by atoms with Crippen LogP contribution in [-0.2, 0) is 4.79 Å². The Morgan fingerprint density at radius 3 is 3.00 bits per heavy atom. The first kappa shape index (κ1) is 11.9. The van der Waals surface area contributed by atoms with Crippen LogP contribution < -0.4 is 5.73 Å². The molecular formula is C10H20N2OS. The van der Waals surface area contributed by atoms with E-state index in [-0.39, 0.29) is 5.91 Å². The topological polar surface area (TPSA) is 46.3 Å². The molecule has 1 rings (SSSR count). The Morgan fingerprint density at radius 1 is 1.57 bits per heavy atom. The monoisotopic (exact) mass is 216 g/mol. The molecule has 1 saturated heterocycles. The van der Waals surface area contributed by atoms with Crippen molar-refractivity contribution < 1.29 is 4.79 Å². The van der Waals surface area contributed by atoms with Gasteiger partial charge < -0.3 is 10.6 Å². The predicted molar refractivity (Wildman–Crippen MR) is 61.4 cm³/mol. The third-order valence-corrected chi connectivity index (χ3v) is 3.51. The van der Waals surface area contributed by atoms with Crippen LogP contribution in [-0.4, -0.2) is 41.4 Å². The van der Waals surface area contributed by atoms with Gasteiger partial charge in [0.25, 0.3) is 0 Å². The van der Waals surface area contributed by atoms with Gasteiger partial charge in [0.1, 0.15) is 0 Å². The molecule has 82 valence electrons. The third-order valence-electron chi connectivity index (χ3n) is 2.65. The Hall–Kier alpha value is -0.220. The summed E-state index contributed by atoms with van der Waals surface area (Å²) < 4.78 is 0. The normalized spacial score (nSPS) is 22.4. The summed E-state index contributed by atoms with van der Waals surface area (Å²) in [4.78, 5) is 13.8. The predicted octanol–water partition coefficient (Wildman–Crippen LogP) is 1.08. The molecule has 1 aliphatic heterocycles. The smallest absolute Gasteiger partial charge is 0.232 e. The maximum absolute atomic E-state index is 11.8. The number of nitrogens with zero attached hydrogens (tertiary/aromatic N) is 1. The van der Waals surface area contributed by atoms with Gasteiger partial charge in [-0.05, 0) is 25.0 Å². The molecule has 0 bridgehead atoms. The van der Waals surface area contributed by atoms with Crippen molar-refractivity contribution in [2.45, 2.75) is 32.2 Å². The molecule has 0 aromatic heterocycles. The number of likely N-dealkylation sites (tertiary alicyclic amines) is 1. The van der Waals surface area contributed by atoms with Crippen LogP contribution in [0.5, 0.6) is 0 Å². The molecule has 4 heteroatoms. The van der Waals surface area contributed by atoms with E-state index in [1.54, 1.807) is 11.8 Å². The summed E-state index contributed by atoms with van der Waals surface area (Å²) in [6, 6.07) is 0.300. The molecule has 3 nitrogen and oxygen atoms in total. The Labute approximate surface area is 90.4 Å². The number of hydrogen-bond donors (Lipinski definition) is 1. The molecule has 0 saturated carbocycles. The number of piperidine rings is 1. The fourth-order valence-corrected chi connectivity index (χ4v) is 2.39. The van der Waals surface area contributed by atoms with E-state index in [2.05, 4.69) is 6.92 Å². The van der Waals surface area contributed by atoms with Crippen molar-refractivity contribution in [2.24, 2.45) is 5.73 Å². The van der Waals surface area contributed by atoms with E-state index in [9.17, 15) is 4.79 Å². The van der Waals surface area contributed by atoms with E-state index >= 15 is 0 Å². The number of hydrogen-bond acceptors (Lipinski definition) is 3. The molecule has 1 fully saturated rings. The zero-order valence-electron chi connectivity index (χ0n) is 8.87. The highest BCUT2D eigenvalue weighted by Gasteiger charge is 2.24. The van der Waals surface area contributed by atoms with Crippen LogP contribution in [0.3, 0.4) is 0 Å². The van der Waals surface area contributed by atoms with Gasteiger partial charge >= 0.3 is 0 Å². The number of carbonyl (C=O) groups is 1. The van der Waals surface area contributed by atoms with Crippen LogP contribution in [0.4, 0.5) is 0 Å². The molecule has 0 aromatic carbocycles. The Kier molecular flexibility index (Phi) is 5.33. The van der Waals surface area contributed by atoms with Gasteiger partial charge in [-0.3, -0.25) is 4.79 Å². The van der Waals surface area contributed by atoms with Gasteiger partial charge in [-0.1, -0.05) is 6.92 Å². The molecule has 2 N–H and O–H groups in total. The second kappa shape index (κ2) is 6.30. The van der Waals surface area contributed by atoms with Crippen LogP contribution in [0.25, 0.3) is 0 Å². The minimum atomic E-state index is 0.270. The van der Waals surface area contributed by atoms with Crippen molar-refractivity contribution >= 4 is 17.7 Å². The van der Waals surface area contributed by atoms with Crippen molar-refractivity contribution in [1.82, 2.24) is 4.90 Å². The van der Waals surface area contributed by atoms with Gasteiger partial charge in [0.15, 0.2) is 0 Å². The molecule has 0 radical (unpaired) electrons. The molecule has 0 aliphatic carbocycles. The highest BCUT2D eigenvalue weighted by Crippen LogP contribution is 2.17. The summed E-state index contributed by atoms with van der Waals surface area (Å²) in [6.07, 6.45) is 3.44. The van der Waals surface area contributed by atoms with Gasteiger partial charge in [0, 0.05) is 19.1 Å². The lowest BCUT2D eigenvalue weighted by Crippen LogP contribution is -2.48. The van der Waals surface area contributed by atoms with Gasteiger partial charge in [0.05, 0.1) is 5.75 Å². The molecule has 0 spiro atoms. The molecule has 14 heavy (non-hydrogen) atoms. The van der Waals surface area contributed by atoms with E-state index in [4.69, 9.17) is 5.73 Å². The molecular weight excluding hydrogens is 196 g/mol. The average Bonchev–Trinajstić information content (AvgIpc) is 2.25. The highest BCUT2D eigenvalue weighted by molar-refractivity contribution is 7.99. The van der Waals surface area contributed by atoms with Crippen molar-refractivity contribution in [3.8, 4) is 0 Å². The summed E-state index contributed by atoms with van der Waals surface area (Å²) in [5.74, 6) is 1.90. The molecule has 1 heterocycles. The van der Waals surface area contributed by atoms with E-state index in [0.29, 0.717) is 18.3 Å². The summed E-state index contributed by atoms with van der Waals surface area (Å²) in [5, 5.41) is 0. The van der Waals surface area contributed by atoms with Crippen LogP contribution >= 0.6 is 11.8 Å². The molecule has 1 atom stereocenters.